The summed E-state index contributed by atoms with van der Waals surface area (Å²) in [6.45, 7) is 1.46. The molecule has 2 aromatic carbocycles. The number of hydrogen-bond acceptors (Lipinski definition) is 7. The minimum atomic E-state index is -3.67. The minimum absolute atomic E-state index is 0.0638. The first-order valence-corrected chi connectivity index (χ1v) is 11.1. The molecule has 9 nitrogen and oxygen atoms in total. The van der Waals surface area contributed by atoms with Gasteiger partial charge >= 0.3 is 26.3 Å². The Morgan fingerprint density at radius 1 is 0.889 bits per heavy atom. The van der Waals surface area contributed by atoms with E-state index in [-0.39, 0.29) is 17.3 Å². The van der Waals surface area contributed by atoms with E-state index in [1.165, 1.54) is 49.4 Å². The molecule has 0 aromatic heterocycles. The van der Waals surface area contributed by atoms with Crippen LogP contribution in [0.15, 0.2) is 48.5 Å². The van der Waals surface area contributed by atoms with Crippen LogP contribution in [0, 0.1) is 0 Å². The highest BCUT2D eigenvalue weighted by molar-refractivity contribution is 7.87. The molecule has 2 N–H and O–H groups in total. The number of carbonyl (C=O) groups is 1. The van der Waals surface area contributed by atoms with Gasteiger partial charge in [-0.3, -0.25) is 0 Å². The first-order chi connectivity index (χ1) is 12.6. The third-order valence-corrected chi connectivity index (χ3v) is 4.68. The van der Waals surface area contributed by atoms with Crippen molar-refractivity contribution in [2.24, 2.45) is 0 Å². The Morgan fingerprint density at radius 2 is 1.52 bits per heavy atom. The number of anilines is 2. The highest BCUT2D eigenvalue weighted by atomic mass is 32.2. The van der Waals surface area contributed by atoms with E-state index in [0.717, 1.165) is 6.26 Å². The van der Waals surface area contributed by atoms with Gasteiger partial charge in [-0.1, -0.05) is 6.07 Å². The molecule has 0 saturated carbocycles. The lowest BCUT2D eigenvalue weighted by atomic mass is 10.3. The maximum absolute atomic E-state index is 12.0. The Balaban J connectivity index is 1.99. The first-order valence-electron chi connectivity index (χ1n) is 7.66. The van der Waals surface area contributed by atoms with Crippen molar-refractivity contribution in [3.8, 4) is 11.5 Å². The molecule has 2 rings (SSSR count). The van der Waals surface area contributed by atoms with Crippen molar-refractivity contribution in [2.45, 2.75) is 6.92 Å². The van der Waals surface area contributed by atoms with Gasteiger partial charge in [-0.15, -0.1) is 0 Å². The van der Waals surface area contributed by atoms with Crippen molar-refractivity contribution in [3.05, 3.63) is 48.5 Å². The standard InChI is InChI=1S/C16H18N2O7S2/c1-3-27(22,23)25-14-9-7-12(8-10-14)17-16(19)18-13-5-4-6-15(11-13)24-26(2,20)21/h4-11H,3H2,1-2H3,(H2,17,18,19). The molecule has 2 aromatic rings. The van der Waals surface area contributed by atoms with E-state index in [9.17, 15) is 21.6 Å². The third kappa shape index (κ3) is 7.15. The Morgan fingerprint density at radius 3 is 2.11 bits per heavy atom. The van der Waals surface area contributed by atoms with E-state index in [4.69, 9.17) is 8.37 Å². The molecule has 0 spiro atoms. The second kappa shape index (κ2) is 8.27. The maximum Gasteiger partial charge on any atom is 0.323 e. The molecule has 0 unspecified atom stereocenters. The Labute approximate surface area is 157 Å². The van der Waals surface area contributed by atoms with Crippen LogP contribution >= 0.6 is 0 Å². The number of nitrogens with one attached hydrogen (secondary N) is 2. The van der Waals surface area contributed by atoms with Crippen LogP contribution in [-0.2, 0) is 20.2 Å². The summed E-state index contributed by atoms with van der Waals surface area (Å²) in [5.41, 5.74) is 0.722. The molecule has 27 heavy (non-hydrogen) atoms. The normalized spacial score (nSPS) is 11.5. The number of rotatable bonds is 7. The van der Waals surface area contributed by atoms with Crippen molar-refractivity contribution in [1.29, 1.82) is 0 Å². The minimum Gasteiger partial charge on any atom is -0.383 e. The molecule has 0 fully saturated rings. The van der Waals surface area contributed by atoms with Crippen LogP contribution in [0.25, 0.3) is 0 Å². The van der Waals surface area contributed by atoms with Crippen LogP contribution in [0.2, 0.25) is 0 Å². The molecule has 0 aliphatic carbocycles. The topological polar surface area (TPSA) is 128 Å². The van der Waals surface area contributed by atoms with Gasteiger partial charge in [0.25, 0.3) is 0 Å². The summed E-state index contributed by atoms with van der Waals surface area (Å²) in [6.07, 6.45) is 0.916. The first kappa shape index (κ1) is 20.5. The summed E-state index contributed by atoms with van der Waals surface area (Å²) in [4.78, 5) is 12.0. The highest BCUT2D eigenvalue weighted by Crippen LogP contribution is 2.20. The number of benzene rings is 2. The third-order valence-electron chi connectivity index (χ3n) is 3.03. The fraction of sp³-hybridized carbons (Fsp3) is 0.188. The van der Waals surface area contributed by atoms with Crippen molar-refractivity contribution in [3.63, 3.8) is 0 Å². The largest absolute Gasteiger partial charge is 0.383 e. The van der Waals surface area contributed by atoms with Gasteiger partial charge in [0.15, 0.2) is 0 Å². The van der Waals surface area contributed by atoms with E-state index in [0.29, 0.717) is 11.4 Å². The highest BCUT2D eigenvalue weighted by Gasteiger charge is 2.10. The molecule has 0 aliphatic rings. The van der Waals surface area contributed by atoms with Gasteiger partial charge in [-0.25, -0.2) is 4.79 Å². The molecule has 0 heterocycles. The molecule has 146 valence electrons. The molecule has 0 aliphatic heterocycles. The Bertz CT molecular complexity index is 1020. The van der Waals surface area contributed by atoms with E-state index in [2.05, 4.69) is 10.6 Å². The molecule has 0 radical (unpaired) electrons. The summed E-state index contributed by atoms with van der Waals surface area (Å²) in [6, 6.07) is 11.1. The van der Waals surface area contributed by atoms with Crippen molar-refractivity contribution >= 4 is 37.6 Å². The Kier molecular flexibility index (Phi) is 6.28. The number of hydrogen-bond donors (Lipinski definition) is 2. The fourth-order valence-electron chi connectivity index (χ4n) is 1.89. The van der Waals surface area contributed by atoms with E-state index < -0.39 is 26.3 Å². The predicted octanol–water partition coefficient (Wildman–Crippen LogP) is 2.40. The van der Waals surface area contributed by atoms with Crippen LogP contribution in [0.1, 0.15) is 6.92 Å². The summed E-state index contributed by atoms with van der Waals surface area (Å²) in [5, 5.41) is 5.07. The second-order valence-electron chi connectivity index (χ2n) is 5.35. The number of amides is 2. The van der Waals surface area contributed by atoms with Gasteiger partial charge in [0.1, 0.15) is 11.5 Å². The molecule has 0 bridgehead atoms. The van der Waals surface area contributed by atoms with Crippen LogP contribution in [0.4, 0.5) is 16.2 Å². The number of carbonyl (C=O) groups excluding carboxylic acids is 1. The maximum atomic E-state index is 12.0. The van der Waals surface area contributed by atoms with Gasteiger partial charge in [-0.05, 0) is 43.3 Å². The second-order valence-corrected chi connectivity index (χ2v) is 8.78. The molecular formula is C16H18N2O7S2. The van der Waals surface area contributed by atoms with E-state index in [1.807, 2.05) is 0 Å². The Hall–Kier alpha value is -2.79. The van der Waals surface area contributed by atoms with Crippen molar-refractivity contribution in [2.75, 3.05) is 22.6 Å². The molecule has 0 saturated heterocycles. The molecular weight excluding hydrogens is 396 g/mol. The van der Waals surface area contributed by atoms with Gasteiger partial charge in [0, 0.05) is 17.4 Å². The lowest BCUT2D eigenvalue weighted by Gasteiger charge is -2.10. The zero-order valence-corrected chi connectivity index (χ0v) is 16.1. The lowest BCUT2D eigenvalue weighted by molar-refractivity contribution is 0.262. The van der Waals surface area contributed by atoms with Crippen molar-refractivity contribution in [1.82, 2.24) is 0 Å². The summed E-state index contributed by atoms with van der Waals surface area (Å²) >= 11 is 0. The fourth-order valence-corrected chi connectivity index (χ4v) is 2.87. The van der Waals surface area contributed by atoms with Crippen LogP contribution in [0.3, 0.4) is 0 Å². The van der Waals surface area contributed by atoms with Crippen LogP contribution in [-0.4, -0.2) is 34.9 Å². The molecule has 11 heteroatoms. The van der Waals surface area contributed by atoms with Crippen molar-refractivity contribution < 1.29 is 30.0 Å². The van der Waals surface area contributed by atoms with Gasteiger partial charge in [0.2, 0.25) is 0 Å². The molecule has 0 atom stereocenters. The van der Waals surface area contributed by atoms with Crippen LogP contribution < -0.4 is 19.0 Å². The van der Waals surface area contributed by atoms with Crippen LogP contribution in [0.5, 0.6) is 11.5 Å². The zero-order valence-electron chi connectivity index (χ0n) is 14.5. The smallest absolute Gasteiger partial charge is 0.323 e. The van der Waals surface area contributed by atoms with Gasteiger partial charge in [0.05, 0.1) is 12.0 Å². The SMILES string of the molecule is CCS(=O)(=O)Oc1ccc(NC(=O)Nc2cccc(OS(C)(=O)=O)c2)cc1. The van der Waals surface area contributed by atoms with E-state index in [1.54, 1.807) is 6.07 Å². The predicted molar refractivity (Wildman–Crippen MR) is 101 cm³/mol. The van der Waals surface area contributed by atoms with E-state index >= 15 is 0 Å². The summed E-state index contributed by atoms with van der Waals surface area (Å²) in [5.74, 6) is 0.0414. The van der Waals surface area contributed by atoms with Gasteiger partial charge in [-0.2, -0.15) is 16.8 Å². The summed E-state index contributed by atoms with van der Waals surface area (Å²) < 4.78 is 54.7. The molecule has 2 amide bonds. The number of urea groups is 1. The summed E-state index contributed by atoms with van der Waals surface area (Å²) in [7, 11) is -7.29. The van der Waals surface area contributed by atoms with Gasteiger partial charge < -0.3 is 19.0 Å². The average molecular weight is 414 g/mol. The average Bonchev–Trinajstić information content (AvgIpc) is 2.55. The monoisotopic (exact) mass is 414 g/mol. The quantitative estimate of drug-likeness (QED) is 0.666. The zero-order chi connectivity index (χ0) is 20.1. The lowest BCUT2D eigenvalue weighted by Crippen LogP contribution is -2.19.